The van der Waals surface area contributed by atoms with E-state index in [1.54, 1.807) is 45.6 Å². The number of carbonyl (C=O) groups is 2. The van der Waals surface area contributed by atoms with Gasteiger partial charge < -0.3 is 14.2 Å². The number of imide groups is 1. The summed E-state index contributed by atoms with van der Waals surface area (Å²) in [6.07, 6.45) is 4.22. The molecule has 3 aliphatic rings. The molecule has 37 heavy (non-hydrogen) atoms. The molecule has 1 heterocycles. The molecular weight excluding hydrogens is 466 g/mol. The zero-order valence-electron chi connectivity index (χ0n) is 20.9. The molecular formula is C31H27NO5. The number of anilines is 1. The molecule has 186 valence electrons. The molecule has 1 saturated carbocycles. The summed E-state index contributed by atoms with van der Waals surface area (Å²) in [5.41, 5.74) is 4.80. The molecule has 6 heteroatoms. The first-order chi connectivity index (χ1) is 18.0. The summed E-state index contributed by atoms with van der Waals surface area (Å²) < 4.78 is 16.0. The lowest BCUT2D eigenvalue weighted by molar-refractivity contribution is -0.122. The smallest absolute Gasteiger partial charge is 0.238 e. The minimum absolute atomic E-state index is 0.140. The summed E-state index contributed by atoms with van der Waals surface area (Å²) in [6.45, 7) is 0. The molecule has 0 unspecified atom stereocenters. The average molecular weight is 494 g/mol. The van der Waals surface area contributed by atoms with Crippen LogP contribution in [0, 0.1) is 23.7 Å². The van der Waals surface area contributed by atoms with Crippen molar-refractivity contribution in [1.82, 2.24) is 0 Å². The van der Waals surface area contributed by atoms with E-state index >= 15 is 0 Å². The fourth-order valence-corrected chi connectivity index (χ4v) is 6.10. The third-order valence-electron chi connectivity index (χ3n) is 7.79. The van der Waals surface area contributed by atoms with Gasteiger partial charge in [0.2, 0.25) is 11.8 Å². The summed E-state index contributed by atoms with van der Waals surface area (Å²) in [5.74, 6) is 0.829. The Kier molecular flexibility index (Phi) is 5.60. The van der Waals surface area contributed by atoms with Gasteiger partial charge in [-0.15, -0.1) is 0 Å². The molecule has 2 bridgehead atoms. The maximum atomic E-state index is 13.7. The number of carbonyl (C=O) groups excluding carboxylic acids is 2. The molecule has 1 saturated heterocycles. The van der Waals surface area contributed by atoms with Crippen molar-refractivity contribution >= 4 is 23.1 Å². The van der Waals surface area contributed by atoms with Gasteiger partial charge in [-0.1, -0.05) is 36.4 Å². The van der Waals surface area contributed by atoms with Gasteiger partial charge in [-0.3, -0.25) is 9.59 Å². The SMILES string of the molecule is COc1ccc(C(=C2[C@H]3C=C[C@H]2[C@H]2C(=O)N(c4ccc(OC)cc4)C(=O)[C@@H]23)c2ccc(OC)cc2)cc1. The molecule has 6 nitrogen and oxygen atoms in total. The average Bonchev–Trinajstić information content (AvgIpc) is 3.58. The second kappa shape index (κ2) is 8.96. The third-order valence-corrected chi connectivity index (χ3v) is 7.79. The molecule has 0 spiro atoms. The zero-order chi connectivity index (χ0) is 25.7. The Morgan fingerprint density at radius 1 is 0.595 bits per heavy atom. The van der Waals surface area contributed by atoms with E-state index in [0.717, 1.165) is 33.8 Å². The molecule has 2 fully saturated rings. The van der Waals surface area contributed by atoms with Crippen LogP contribution in [-0.4, -0.2) is 33.1 Å². The predicted octanol–water partition coefficient (Wildman–Crippen LogP) is 5.14. The van der Waals surface area contributed by atoms with Gasteiger partial charge >= 0.3 is 0 Å². The number of amides is 2. The highest BCUT2D eigenvalue weighted by molar-refractivity contribution is 6.23. The Balaban J connectivity index is 1.45. The van der Waals surface area contributed by atoms with Crippen molar-refractivity contribution in [3.05, 3.63) is 102 Å². The van der Waals surface area contributed by atoms with Crippen molar-refractivity contribution in [3.8, 4) is 17.2 Å². The van der Waals surface area contributed by atoms with E-state index in [0.29, 0.717) is 11.4 Å². The van der Waals surface area contributed by atoms with Crippen LogP contribution in [0.15, 0.2) is 90.5 Å². The monoisotopic (exact) mass is 493 g/mol. The van der Waals surface area contributed by atoms with Gasteiger partial charge in [-0.25, -0.2) is 4.90 Å². The number of methoxy groups -OCH3 is 3. The maximum absolute atomic E-state index is 13.7. The molecule has 3 aromatic rings. The minimum Gasteiger partial charge on any atom is -0.497 e. The van der Waals surface area contributed by atoms with Gasteiger partial charge in [0.25, 0.3) is 0 Å². The molecule has 6 rings (SSSR count). The Morgan fingerprint density at radius 3 is 1.35 bits per heavy atom. The first-order valence-corrected chi connectivity index (χ1v) is 12.3. The normalized spacial score (nSPS) is 23.4. The first-order valence-electron chi connectivity index (χ1n) is 12.3. The standard InChI is InChI=1S/C31H27NO5/c1-35-21-10-4-18(5-11-21)26(19-6-12-22(36-2)13-7-19)27-24-16-17-25(27)29-28(24)30(33)32(31(29)34)20-8-14-23(37-3)15-9-20/h4-17,24-25,28-29H,1-3H3/t24-,25-,28-,29-/m1/s1. The van der Waals surface area contributed by atoms with E-state index in [9.17, 15) is 9.59 Å². The van der Waals surface area contributed by atoms with Crippen LogP contribution in [0.3, 0.4) is 0 Å². The van der Waals surface area contributed by atoms with Crippen molar-refractivity contribution in [2.75, 3.05) is 26.2 Å². The van der Waals surface area contributed by atoms with Crippen LogP contribution in [0.5, 0.6) is 17.2 Å². The Bertz CT molecular complexity index is 1340. The lowest BCUT2D eigenvalue weighted by atomic mass is 9.85. The fraction of sp³-hybridized carbons (Fsp3) is 0.226. The van der Waals surface area contributed by atoms with Crippen LogP contribution in [0.2, 0.25) is 0 Å². The van der Waals surface area contributed by atoms with Crippen LogP contribution in [0.25, 0.3) is 5.57 Å². The third kappa shape index (κ3) is 3.55. The number of nitrogens with zero attached hydrogens (tertiary/aromatic N) is 1. The largest absolute Gasteiger partial charge is 0.497 e. The number of hydrogen-bond acceptors (Lipinski definition) is 5. The van der Waals surface area contributed by atoms with Crippen LogP contribution in [0.1, 0.15) is 11.1 Å². The second-order valence-corrected chi connectivity index (χ2v) is 9.49. The number of ether oxygens (including phenoxy) is 3. The first kappa shape index (κ1) is 23.1. The van der Waals surface area contributed by atoms with Crippen LogP contribution >= 0.6 is 0 Å². The summed E-state index contributed by atoms with van der Waals surface area (Å²) in [7, 11) is 4.88. The number of fused-ring (bicyclic) bond motifs is 5. The predicted molar refractivity (Wildman–Crippen MR) is 141 cm³/mol. The quantitative estimate of drug-likeness (QED) is 0.352. The van der Waals surface area contributed by atoms with E-state index in [-0.39, 0.29) is 23.7 Å². The van der Waals surface area contributed by atoms with Crippen LogP contribution < -0.4 is 19.1 Å². The van der Waals surface area contributed by atoms with E-state index in [1.807, 2.05) is 48.5 Å². The molecule has 1 aliphatic heterocycles. The summed E-state index contributed by atoms with van der Waals surface area (Å²) in [4.78, 5) is 28.8. The second-order valence-electron chi connectivity index (χ2n) is 9.49. The highest BCUT2D eigenvalue weighted by atomic mass is 16.5. The summed E-state index contributed by atoms with van der Waals surface area (Å²) >= 11 is 0. The van der Waals surface area contributed by atoms with Crippen molar-refractivity contribution in [2.24, 2.45) is 23.7 Å². The number of rotatable bonds is 6. The molecule has 0 aromatic heterocycles. The van der Waals surface area contributed by atoms with Gasteiger partial charge in [0.15, 0.2) is 0 Å². The Morgan fingerprint density at radius 2 is 0.973 bits per heavy atom. The van der Waals surface area contributed by atoms with Gasteiger partial charge in [0.05, 0.1) is 38.9 Å². The highest BCUT2D eigenvalue weighted by Gasteiger charge is 2.62. The number of hydrogen-bond donors (Lipinski definition) is 0. The van der Waals surface area contributed by atoms with Crippen LogP contribution in [0.4, 0.5) is 5.69 Å². The molecule has 0 N–H and O–H groups in total. The Labute approximate surface area is 215 Å². The van der Waals surface area contributed by atoms with Crippen molar-refractivity contribution in [1.29, 1.82) is 0 Å². The topological polar surface area (TPSA) is 65.1 Å². The lowest BCUT2D eigenvalue weighted by Gasteiger charge is -2.22. The van der Waals surface area contributed by atoms with E-state index in [1.165, 1.54) is 4.90 Å². The number of allylic oxidation sites excluding steroid dienone is 3. The Hall–Kier alpha value is -4.32. The van der Waals surface area contributed by atoms with E-state index in [4.69, 9.17) is 14.2 Å². The van der Waals surface area contributed by atoms with Crippen molar-refractivity contribution in [3.63, 3.8) is 0 Å². The molecule has 2 amide bonds. The van der Waals surface area contributed by atoms with Crippen molar-refractivity contribution in [2.45, 2.75) is 0 Å². The van der Waals surface area contributed by atoms with E-state index < -0.39 is 11.8 Å². The molecule has 4 atom stereocenters. The molecule has 2 aliphatic carbocycles. The van der Waals surface area contributed by atoms with Gasteiger partial charge in [-0.05, 0) is 70.8 Å². The molecule has 3 aromatic carbocycles. The van der Waals surface area contributed by atoms with Crippen molar-refractivity contribution < 1.29 is 23.8 Å². The van der Waals surface area contributed by atoms with E-state index in [2.05, 4.69) is 12.2 Å². The maximum Gasteiger partial charge on any atom is 0.238 e. The van der Waals surface area contributed by atoms with Gasteiger partial charge in [0.1, 0.15) is 17.2 Å². The highest BCUT2D eigenvalue weighted by Crippen LogP contribution is 2.59. The summed E-state index contributed by atoms with van der Waals surface area (Å²) in [6, 6.07) is 23.0. The van der Waals surface area contributed by atoms with Crippen LogP contribution in [-0.2, 0) is 9.59 Å². The lowest BCUT2D eigenvalue weighted by Crippen LogP contribution is -2.33. The zero-order valence-corrected chi connectivity index (χ0v) is 20.9. The fourth-order valence-electron chi connectivity index (χ4n) is 6.10. The van der Waals surface area contributed by atoms with Gasteiger partial charge in [0, 0.05) is 11.8 Å². The molecule has 0 radical (unpaired) electrons. The number of benzene rings is 3. The summed E-state index contributed by atoms with van der Waals surface area (Å²) in [5, 5.41) is 0. The van der Waals surface area contributed by atoms with Gasteiger partial charge in [-0.2, -0.15) is 0 Å². The minimum atomic E-state index is -0.411.